The molecule has 2 atom stereocenters. The molecule has 150 valence electrons. The maximum absolute atomic E-state index is 13.1. The number of nitrogens with one attached hydrogen (secondary N) is 1. The van der Waals surface area contributed by atoms with E-state index in [0.717, 1.165) is 16.7 Å². The number of primary sulfonamides is 1. The number of carbonyl (C=O) groups excluding carboxylic acids is 1. The molecule has 0 saturated heterocycles. The van der Waals surface area contributed by atoms with Gasteiger partial charge >= 0.3 is 0 Å². The number of aryl methyl sites for hydroxylation is 1. The largest absolute Gasteiger partial charge is 0.343 e. The van der Waals surface area contributed by atoms with E-state index in [4.69, 9.17) is 10.9 Å². The lowest BCUT2D eigenvalue weighted by molar-refractivity contribution is 0.0927. The maximum atomic E-state index is 13.1. The van der Waals surface area contributed by atoms with Gasteiger partial charge < -0.3 is 11.1 Å². The van der Waals surface area contributed by atoms with E-state index < -0.39 is 28.0 Å². The highest BCUT2D eigenvalue weighted by atomic mass is 32.2. The molecule has 0 aliphatic carbocycles. The smallest absolute Gasteiger partial charge is 0.253 e. The molecule has 6 nitrogen and oxygen atoms in total. The van der Waals surface area contributed by atoms with E-state index in [1.165, 1.54) is 12.1 Å². The van der Waals surface area contributed by atoms with Crippen molar-refractivity contribution in [1.82, 2.24) is 5.32 Å². The molecule has 0 bridgehead atoms. The Hall–Kier alpha value is -3.00. The number of hydrogen-bond donors (Lipinski definition) is 3. The predicted molar refractivity (Wildman–Crippen MR) is 113 cm³/mol. The van der Waals surface area contributed by atoms with Gasteiger partial charge in [-0.3, -0.25) is 4.79 Å². The fourth-order valence-electron chi connectivity index (χ4n) is 3.20. The fourth-order valence-corrected chi connectivity index (χ4v) is 3.91. The van der Waals surface area contributed by atoms with Gasteiger partial charge in [-0.25, -0.2) is 13.6 Å². The van der Waals surface area contributed by atoms with Gasteiger partial charge in [-0.15, -0.1) is 0 Å². The number of sulfonamides is 1. The Morgan fingerprint density at radius 2 is 1.45 bits per heavy atom. The van der Waals surface area contributed by atoms with Gasteiger partial charge in [0, 0.05) is 0 Å². The molecule has 0 aliphatic heterocycles. The monoisotopic (exact) mass is 409 g/mol. The van der Waals surface area contributed by atoms with Crippen molar-refractivity contribution in [3.63, 3.8) is 0 Å². The van der Waals surface area contributed by atoms with Crippen LogP contribution in [0.1, 0.15) is 39.1 Å². The van der Waals surface area contributed by atoms with Crippen LogP contribution >= 0.6 is 0 Å². The normalized spacial score (nSPS) is 13.5. The Morgan fingerprint density at radius 3 is 2.00 bits per heavy atom. The third-order valence-corrected chi connectivity index (χ3v) is 5.64. The van der Waals surface area contributed by atoms with E-state index in [9.17, 15) is 13.2 Å². The lowest BCUT2D eigenvalue weighted by Gasteiger charge is -2.26. The molecule has 7 heteroatoms. The van der Waals surface area contributed by atoms with E-state index in [0.29, 0.717) is 0 Å². The number of rotatable bonds is 6. The number of nitrogens with two attached hydrogens (primary N) is 2. The number of hydrogen-bond acceptors (Lipinski definition) is 4. The zero-order chi connectivity index (χ0) is 21.0. The summed E-state index contributed by atoms with van der Waals surface area (Å²) in [6.45, 7) is 1.77. The number of benzene rings is 3. The minimum Gasteiger partial charge on any atom is -0.343 e. The van der Waals surface area contributed by atoms with Crippen molar-refractivity contribution < 1.29 is 13.2 Å². The molecular weight excluding hydrogens is 386 g/mol. The van der Waals surface area contributed by atoms with Crippen molar-refractivity contribution in [2.75, 3.05) is 0 Å². The summed E-state index contributed by atoms with van der Waals surface area (Å²) in [6, 6.07) is 22.1. The van der Waals surface area contributed by atoms with Crippen LogP contribution in [0.5, 0.6) is 0 Å². The minimum absolute atomic E-state index is 0.00584. The van der Waals surface area contributed by atoms with E-state index in [1.54, 1.807) is 13.0 Å². The molecular formula is C22H23N3O3S. The first-order valence-corrected chi connectivity index (χ1v) is 10.6. The van der Waals surface area contributed by atoms with Crippen LogP contribution in [0.15, 0.2) is 83.8 Å². The molecule has 2 unspecified atom stereocenters. The highest BCUT2D eigenvalue weighted by Gasteiger charge is 2.26. The summed E-state index contributed by atoms with van der Waals surface area (Å²) >= 11 is 0. The molecule has 0 radical (unpaired) electrons. The second kappa shape index (κ2) is 8.57. The van der Waals surface area contributed by atoms with Crippen LogP contribution in [0.3, 0.4) is 0 Å². The predicted octanol–water partition coefficient (Wildman–Crippen LogP) is 2.81. The average molecular weight is 410 g/mol. The van der Waals surface area contributed by atoms with Crippen molar-refractivity contribution in [3.05, 3.63) is 101 Å². The Balaban J connectivity index is 2.01. The standard InChI is InChI=1S/C22H23N3O3S/c1-15-12-13-19(29(24,27)28)18(14-15)22(26)25-21(17-10-6-3-7-11-17)20(23)16-8-4-2-5-9-16/h2-14,20-21H,23H2,1H3,(H,25,26)(H2,24,27,28). The molecule has 29 heavy (non-hydrogen) atoms. The highest BCUT2D eigenvalue weighted by molar-refractivity contribution is 7.89. The van der Waals surface area contributed by atoms with Crippen LogP contribution in [0, 0.1) is 6.92 Å². The van der Waals surface area contributed by atoms with E-state index in [2.05, 4.69) is 5.32 Å². The zero-order valence-corrected chi connectivity index (χ0v) is 16.8. The lowest BCUT2D eigenvalue weighted by Crippen LogP contribution is -2.36. The summed E-state index contributed by atoms with van der Waals surface area (Å²) in [6.07, 6.45) is 0. The van der Waals surface area contributed by atoms with E-state index in [-0.39, 0.29) is 10.5 Å². The SMILES string of the molecule is Cc1ccc(S(N)(=O)=O)c(C(=O)NC(c2ccccc2)C(N)c2ccccc2)c1. The molecule has 3 aromatic rings. The van der Waals surface area contributed by atoms with Gasteiger partial charge in [-0.05, 0) is 30.2 Å². The summed E-state index contributed by atoms with van der Waals surface area (Å²) in [7, 11) is -4.06. The molecule has 0 aliphatic rings. The van der Waals surface area contributed by atoms with Gasteiger partial charge in [0.15, 0.2) is 0 Å². The first-order valence-electron chi connectivity index (χ1n) is 9.07. The number of amides is 1. The van der Waals surface area contributed by atoms with Gasteiger partial charge in [-0.2, -0.15) is 0 Å². The van der Waals surface area contributed by atoms with Gasteiger partial charge in [0.1, 0.15) is 0 Å². The average Bonchev–Trinajstić information content (AvgIpc) is 2.71. The topological polar surface area (TPSA) is 115 Å². The van der Waals surface area contributed by atoms with Crippen LogP contribution in [-0.4, -0.2) is 14.3 Å². The quantitative estimate of drug-likeness (QED) is 0.580. The Bertz CT molecular complexity index is 1100. The molecule has 0 aromatic heterocycles. The van der Waals surface area contributed by atoms with E-state index in [1.807, 2.05) is 60.7 Å². The second-order valence-corrected chi connectivity index (χ2v) is 8.37. The van der Waals surface area contributed by atoms with Crippen molar-refractivity contribution in [2.45, 2.75) is 23.9 Å². The van der Waals surface area contributed by atoms with Crippen LogP contribution in [0.2, 0.25) is 0 Å². The molecule has 5 N–H and O–H groups in total. The fraction of sp³-hybridized carbons (Fsp3) is 0.136. The molecule has 3 aromatic carbocycles. The van der Waals surface area contributed by atoms with Crippen LogP contribution < -0.4 is 16.2 Å². The van der Waals surface area contributed by atoms with Gasteiger partial charge in [0.25, 0.3) is 5.91 Å². The summed E-state index contributed by atoms with van der Waals surface area (Å²) in [5.41, 5.74) is 8.88. The van der Waals surface area contributed by atoms with Gasteiger partial charge in [0.05, 0.1) is 22.5 Å². The van der Waals surface area contributed by atoms with Crippen LogP contribution in [0.25, 0.3) is 0 Å². The maximum Gasteiger partial charge on any atom is 0.253 e. The molecule has 1 amide bonds. The van der Waals surface area contributed by atoms with Crippen LogP contribution in [-0.2, 0) is 10.0 Å². The summed E-state index contributed by atoms with van der Waals surface area (Å²) in [4.78, 5) is 12.9. The van der Waals surface area contributed by atoms with Gasteiger partial charge in [0.2, 0.25) is 10.0 Å². The Kier molecular flexibility index (Phi) is 6.12. The first kappa shape index (κ1) is 20.7. The summed E-state index contributed by atoms with van der Waals surface area (Å²) in [5, 5.41) is 8.21. The van der Waals surface area contributed by atoms with Crippen molar-refractivity contribution in [1.29, 1.82) is 0 Å². The number of carbonyl (C=O) groups is 1. The lowest BCUT2D eigenvalue weighted by atomic mass is 9.93. The molecule has 0 heterocycles. The molecule has 0 spiro atoms. The molecule has 0 saturated carbocycles. The van der Waals surface area contributed by atoms with Crippen molar-refractivity contribution in [2.24, 2.45) is 10.9 Å². The van der Waals surface area contributed by atoms with Gasteiger partial charge in [-0.1, -0.05) is 72.3 Å². The minimum atomic E-state index is -4.06. The second-order valence-electron chi connectivity index (χ2n) is 6.84. The van der Waals surface area contributed by atoms with E-state index >= 15 is 0 Å². The third kappa shape index (κ3) is 4.89. The third-order valence-electron chi connectivity index (χ3n) is 4.68. The molecule has 0 fully saturated rings. The highest BCUT2D eigenvalue weighted by Crippen LogP contribution is 2.28. The van der Waals surface area contributed by atoms with Crippen molar-refractivity contribution >= 4 is 15.9 Å². The molecule has 3 rings (SSSR count). The zero-order valence-electron chi connectivity index (χ0n) is 15.9. The van der Waals surface area contributed by atoms with Crippen molar-refractivity contribution in [3.8, 4) is 0 Å². The summed E-state index contributed by atoms with van der Waals surface area (Å²) in [5.74, 6) is -0.557. The summed E-state index contributed by atoms with van der Waals surface area (Å²) < 4.78 is 23.9. The first-order chi connectivity index (χ1) is 13.8. The Labute approximate surface area is 170 Å². The Morgan fingerprint density at radius 1 is 0.897 bits per heavy atom. The van der Waals surface area contributed by atoms with Crippen LogP contribution in [0.4, 0.5) is 0 Å².